The van der Waals surface area contributed by atoms with Crippen LogP contribution in [0.15, 0.2) is 24.4 Å². The highest BCUT2D eigenvalue weighted by Gasteiger charge is 2.57. The Hall–Kier alpha value is -2.19. The third kappa shape index (κ3) is 8.06. The van der Waals surface area contributed by atoms with Crippen LogP contribution in [-0.2, 0) is 39.7 Å². The van der Waals surface area contributed by atoms with Crippen LogP contribution < -0.4 is 5.73 Å². The van der Waals surface area contributed by atoms with E-state index in [0.29, 0.717) is 18.5 Å². The summed E-state index contributed by atoms with van der Waals surface area (Å²) >= 11 is 0. The van der Waals surface area contributed by atoms with Crippen molar-refractivity contribution in [3.8, 4) is 0 Å². The van der Waals surface area contributed by atoms with Crippen LogP contribution in [0, 0.1) is 23.7 Å². The number of carbonyl (C=O) groups excluding carboxylic acids is 2. The lowest BCUT2D eigenvalue weighted by molar-refractivity contribution is -0.299. The second-order valence-electron chi connectivity index (χ2n) is 15.3. The fourth-order valence-corrected chi connectivity index (χ4v) is 8.32. The lowest BCUT2D eigenvalue weighted by atomic mass is 9.75. The van der Waals surface area contributed by atoms with E-state index in [1.54, 1.807) is 45.2 Å². The summed E-state index contributed by atoms with van der Waals surface area (Å²) in [6.45, 7) is 14.9. The Bertz CT molecular complexity index is 1230. The minimum Gasteiger partial charge on any atom is -0.461 e. The molecule has 1 aromatic rings. The summed E-state index contributed by atoms with van der Waals surface area (Å²) in [7, 11) is 3.77. The van der Waals surface area contributed by atoms with Crippen molar-refractivity contribution in [3.05, 3.63) is 30.1 Å². The SMILES string of the molecule is CC[C@H]1OC(=O)[C@H](C)[C@@H](OC(=O)Cc2ccccn2)[C@H](C)[C@@H](OC2O[C@H](C)C[C@H](N(C)C)[C@H]2O)[C@](C)(O)C[C@@H](C)[C@@H]2OC1(C)[C@@H](N)[C@H]2C. The van der Waals surface area contributed by atoms with Gasteiger partial charge in [-0.2, -0.15) is 0 Å². The van der Waals surface area contributed by atoms with Gasteiger partial charge in [-0.1, -0.05) is 33.8 Å². The second kappa shape index (κ2) is 15.4. The molecule has 0 aromatic carbocycles. The Balaban J connectivity index is 1.78. The average Bonchev–Trinajstić information content (AvgIpc) is 3.26. The topological polar surface area (TPSA) is 163 Å². The van der Waals surface area contributed by atoms with Gasteiger partial charge in [0.05, 0.1) is 41.9 Å². The number of pyridine rings is 1. The molecule has 48 heavy (non-hydrogen) atoms. The number of cyclic esters (lactones) is 1. The maximum atomic E-state index is 14.0. The first-order chi connectivity index (χ1) is 22.4. The fraction of sp³-hybridized carbons (Fsp3) is 0.806. The van der Waals surface area contributed by atoms with Crippen LogP contribution in [-0.4, -0.2) is 112 Å². The molecule has 272 valence electrons. The predicted molar refractivity (Wildman–Crippen MR) is 178 cm³/mol. The van der Waals surface area contributed by atoms with Gasteiger partial charge in [-0.05, 0) is 79.1 Å². The molecule has 15 atom stereocenters. The van der Waals surface area contributed by atoms with E-state index in [-0.39, 0.29) is 42.9 Å². The van der Waals surface area contributed by atoms with Gasteiger partial charge in [-0.3, -0.25) is 14.6 Å². The van der Waals surface area contributed by atoms with E-state index >= 15 is 0 Å². The standard InChI is InChI=1S/C36H59N3O9/c1-11-26-36(8)31(37)21(4)29(48-36)19(2)18-35(7,43)32(47-34-28(41)25(39(9)10)16-20(3)44-34)22(5)30(23(6)33(42)45-26)46-27(40)17-24-14-12-13-15-38-24/h12-15,19-23,25-26,28-32,34,41,43H,11,16-18,37H2,1-10H3/t19-,20-,21+,22+,23-,25+,26-,28-,29+,30+,31+,32-,34?,35-,36?/m1/s1. The van der Waals surface area contributed by atoms with E-state index in [0.717, 1.165) is 0 Å². The highest BCUT2D eigenvalue weighted by Crippen LogP contribution is 2.45. The molecule has 0 spiro atoms. The van der Waals surface area contributed by atoms with Gasteiger partial charge in [0.25, 0.3) is 0 Å². The quantitative estimate of drug-likeness (QED) is 0.363. The molecule has 4 rings (SSSR count). The van der Waals surface area contributed by atoms with E-state index in [4.69, 9.17) is 29.4 Å². The number of nitrogens with zero attached hydrogens (tertiary/aromatic N) is 2. The molecule has 0 radical (unpaired) electrons. The zero-order valence-electron chi connectivity index (χ0n) is 30.4. The number of aromatic nitrogens is 1. The van der Waals surface area contributed by atoms with Crippen molar-refractivity contribution >= 4 is 11.9 Å². The molecular formula is C36H59N3O9. The van der Waals surface area contributed by atoms with Gasteiger partial charge in [0.15, 0.2) is 6.29 Å². The molecule has 12 heteroatoms. The Kier molecular flexibility index (Phi) is 12.4. The maximum Gasteiger partial charge on any atom is 0.312 e. The molecule has 0 amide bonds. The molecule has 12 nitrogen and oxygen atoms in total. The van der Waals surface area contributed by atoms with E-state index in [1.807, 2.05) is 53.6 Å². The number of ether oxygens (including phenoxy) is 5. The molecule has 3 saturated heterocycles. The van der Waals surface area contributed by atoms with Gasteiger partial charge < -0.3 is 44.5 Å². The van der Waals surface area contributed by atoms with E-state index in [2.05, 4.69) is 4.98 Å². The van der Waals surface area contributed by atoms with E-state index in [9.17, 15) is 19.8 Å². The first kappa shape index (κ1) is 38.6. The summed E-state index contributed by atoms with van der Waals surface area (Å²) in [4.78, 5) is 33.7. The number of rotatable bonds is 7. The van der Waals surface area contributed by atoms with Crippen LogP contribution in [0.25, 0.3) is 0 Å². The van der Waals surface area contributed by atoms with Crippen LogP contribution in [0.4, 0.5) is 0 Å². The van der Waals surface area contributed by atoms with Gasteiger partial charge in [0.2, 0.25) is 0 Å². The number of nitrogens with two attached hydrogens (primary N) is 1. The molecule has 0 aliphatic carbocycles. The predicted octanol–water partition coefficient (Wildman–Crippen LogP) is 2.85. The van der Waals surface area contributed by atoms with Crippen molar-refractivity contribution in [1.82, 2.24) is 9.88 Å². The zero-order chi connectivity index (χ0) is 35.7. The summed E-state index contributed by atoms with van der Waals surface area (Å²) in [5.41, 5.74) is 4.78. The van der Waals surface area contributed by atoms with Crippen LogP contribution in [0.2, 0.25) is 0 Å². The number of aliphatic hydroxyl groups is 2. The van der Waals surface area contributed by atoms with Gasteiger partial charge >= 0.3 is 11.9 Å². The summed E-state index contributed by atoms with van der Waals surface area (Å²) in [5, 5.41) is 23.9. The Morgan fingerprint density at radius 1 is 1.15 bits per heavy atom. The van der Waals surface area contributed by atoms with E-state index < -0.39 is 71.7 Å². The monoisotopic (exact) mass is 677 g/mol. The largest absolute Gasteiger partial charge is 0.461 e. The van der Waals surface area contributed by atoms with Crippen LogP contribution in [0.5, 0.6) is 0 Å². The molecule has 1 aromatic heterocycles. The van der Waals surface area contributed by atoms with Crippen molar-refractivity contribution in [1.29, 1.82) is 0 Å². The summed E-state index contributed by atoms with van der Waals surface area (Å²) in [6.07, 6.45) is -2.76. The van der Waals surface area contributed by atoms with Crippen molar-refractivity contribution in [3.63, 3.8) is 0 Å². The highest BCUT2D eigenvalue weighted by molar-refractivity contribution is 5.75. The first-order valence-electron chi connectivity index (χ1n) is 17.5. The molecule has 2 bridgehead atoms. The number of fused-ring (bicyclic) bond motifs is 2. The summed E-state index contributed by atoms with van der Waals surface area (Å²) in [6, 6.07) is 4.56. The van der Waals surface area contributed by atoms with Crippen LogP contribution >= 0.6 is 0 Å². The zero-order valence-corrected chi connectivity index (χ0v) is 30.4. The molecule has 4 heterocycles. The smallest absolute Gasteiger partial charge is 0.312 e. The van der Waals surface area contributed by atoms with Crippen molar-refractivity contribution in [2.75, 3.05) is 14.1 Å². The maximum absolute atomic E-state index is 14.0. The van der Waals surface area contributed by atoms with Gasteiger partial charge in [0.1, 0.15) is 23.9 Å². The number of esters is 2. The third-order valence-electron chi connectivity index (χ3n) is 11.1. The summed E-state index contributed by atoms with van der Waals surface area (Å²) in [5.74, 6) is -3.21. The molecule has 3 aliphatic heterocycles. The van der Waals surface area contributed by atoms with Crippen molar-refractivity contribution < 1.29 is 43.5 Å². The van der Waals surface area contributed by atoms with Crippen LogP contribution in [0.1, 0.15) is 80.3 Å². The molecule has 3 aliphatic rings. The Morgan fingerprint density at radius 3 is 2.44 bits per heavy atom. The normalized spacial score (nSPS) is 44.3. The minimum atomic E-state index is -1.56. The molecule has 4 N–H and O–H groups in total. The number of likely N-dealkylation sites (N-methyl/N-ethyl adjacent to an activating group) is 1. The lowest BCUT2D eigenvalue weighted by Gasteiger charge is -2.47. The van der Waals surface area contributed by atoms with Gasteiger partial charge in [-0.25, -0.2) is 0 Å². The number of carbonyl (C=O) groups is 2. The van der Waals surface area contributed by atoms with Crippen LogP contribution in [0.3, 0.4) is 0 Å². The van der Waals surface area contributed by atoms with Crippen molar-refractivity contribution in [2.24, 2.45) is 29.4 Å². The Morgan fingerprint density at radius 2 is 1.83 bits per heavy atom. The summed E-state index contributed by atoms with van der Waals surface area (Å²) < 4.78 is 31.8. The first-order valence-corrected chi connectivity index (χ1v) is 17.5. The minimum absolute atomic E-state index is 0.101. The molecule has 0 saturated carbocycles. The highest BCUT2D eigenvalue weighted by atomic mass is 16.7. The number of hydrogen-bond acceptors (Lipinski definition) is 12. The van der Waals surface area contributed by atoms with Gasteiger partial charge in [0, 0.05) is 30.1 Å². The van der Waals surface area contributed by atoms with Crippen molar-refractivity contribution in [2.45, 2.75) is 147 Å². The number of hydrogen-bond donors (Lipinski definition) is 3. The Labute approximate surface area is 286 Å². The lowest BCUT2D eigenvalue weighted by Crippen LogP contribution is -2.59. The molecule has 3 fully saturated rings. The average molecular weight is 678 g/mol. The molecular weight excluding hydrogens is 618 g/mol. The van der Waals surface area contributed by atoms with E-state index in [1.165, 1.54) is 0 Å². The van der Waals surface area contributed by atoms with Gasteiger partial charge in [-0.15, -0.1) is 0 Å². The number of aliphatic hydroxyl groups excluding tert-OH is 1. The third-order valence-corrected chi connectivity index (χ3v) is 11.1. The molecule has 2 unspecified atom stereocenters. The second-order valence-corrected chi connectivity index (χ2v) is 15.3. The fourth-order valence-electron chi connectivity index (χ4n) is 8.32.